The van der Waals surface area contributed by atoms with Crippen LogP contribution in [0, 0.1) is 11.7 Å². The molecule has 0 radical (unpaired) electrons. The number of pyridine rings is 1. The van der Waals surface area contributed by atoms with Gasteiger partial charge in [0.05, 0.1) is 23.7 Å². The number of halogens is 4. The third kappa shape index (κ3) is 7.15. The van der Waals surface area contributed by atoms with Gasteiger partial charge in [0.25, 0.3) is 17.0 Å². The fourth-order valence-electron chi connectivity index (χ4n) is 7.86. The van der Waals surface area contributed by atoms with Crippen LogP contribution in [-0.4, -0.2) is 56.5 Å². The van der Waals surface area contributed by atoms with Crippen LogP contribution in [0.3, 0.4) is 0 Å². The highest BCUT2D eigenvalue weighted by Gasteiger charge is 2.35. The molecule has 1 saturated heterocycles. The van der Waals surface area contributed by atoms with Crippen molar-refractivity contribution in [1.82, 2.24) is 38.3 Å². The van der Waals surface area contributed by atoms with Gasteiger partial charge in [0.15, 0.2) is 5.65 Å². The van der Waals surface area contributed by atoms with Gasteiger partial charge in [-0.05, 0) is 73.6 Å². The van der Waals surface area contributed by atoms with E-state index in [0.29, 0.717) is 38.5 Å². The molecule has 292 valence electrons. The molecule has 5 heterocycles. The quantitative estimate of drug-likeness (QED) is 0.225. The molecule has 1 N–H and O–H groups in total. The average molecular weight is 785 g/mol. The van der Waals surface area contributed by atoms with E-state index in [4.69, 9.17) is 0 Å². The van der Waals surface area contributed by atoms with Gasteiger partial charge in [-0.1, -0.05) is 32.0 Å². The van der Waals surface area contributed by atoms with E-state index in [2.05, 4.69) is 15.4 Å². The van der Waals surface area contributed by atoms with Crippen molar-refractivity contribution >= 4 is 39.7 Å². The molecule has 0 unspecified atom stereocenters. The van der Waals surface area contributed by atoms with Gasteiger partial charge >= 0.3 is 17.6 Å². The number of carbonyl (C=O) groups excluding carboxylic acids is 1. The smallest absolute Gasteiger partial charge is 0.348 e. The molecule has 55 heavy (non-hydrogen) atoms. The molecule has 4 aromatic heterocycles. The van der Waals surface area contributed by atoms with Crippen LogP contribution >= 0.6 is 11.8 Å². The van der Waals surface area contributed by atoms with Crippen molar-refractivity contribution in [3.8, 4) is 0 Å². The topological polar surface area (TPSA) is 148 Å². The summed E-state index contributed by atoms with van der Waals surface area (Å²) in [5.74, 6) is 0.0996. The summed E-state index contributed by atoms with van der Waals surface area (Å²) >= 11 is 1.77. The third-order valence-electron chi connectivity index (χ3n) is 10.5. The van der Waals surface area contributed by atoms with Crippen LogP contribution in [0.1, 0.15) is 86.1 Å². The standard InChI is InChI=1S/C37H40F4N8O5S/c1-20(2)18-46-31-28(34(52)45(3)35(46)53)29(47(44-31)19-21-6-4-5-7-27(21)37(39,40)41)32(50)43-23-8-10-24(11-9-23)49-33(51)26-16-22(38)17-42-30(26)48(36(49)54)25-12-14-55-15-13-25/h4-7,16-17,20,23-25H,8-15,18-19H2,1-3H3,(H,43,50). The molecule has 1 aromatic carbocycles. The zero-order valence-corrected chi connectivity index (χ0v) is 31.3. The highest BCUT2D eigenvalue weighted by Crippen LogP contribution is 2.33. The third-order valence-corrected chi connectivity index (χ3v) is 11.6. The lowest BCUT2D eigenvalue weighted by molar-refractivity contribution is -0.138. The summed E-state index contributed by atoms with van der Waals surface area (Å²) in [5.41, 5.74) is -4.04. The number of rotatable bonds is 8. The lowest BCUT2D eigenvalue weighted by Crippen LogP contribution is -2.46. The monoisotopic (exact) mass is 784 g/mol. The first-order valence-electron chi connectivity index (χ1n) is 18.2. The van der Waals surface area contributed by atoms with E-state index in [1.807, 2.05) is 13.8 Å². The highest BCUT2D eigenvalue weighted by atomic mass is 32.2. The Kier molecular flexibility index (Phi) is 10.4. The molecule has 2 fully saturated rings. The maximum absolute atomic E-state index is 14.4. The first-order valence-corrected chi connectivity index (χ1v) is 19.4. The predicted octanol–water partition coefficient (Wildman–Crippen LogP) is 4.61. The average Bonchev–Trinajstić information content (AvgIpc) is 3.52. The van der Waals surface area contributed by atoms with Gasteiger partial charge in [-0.2, -0.15) is 30.0 Å². The van der Waals surface area contributed by atoms with Crippen molar-refractivity contribution in [2.45, 2.75) is 89.8 Å². The molecule has 1 aliphatic heterocycles. The van der Waals surface area contributed by atoms with Crippen LogP contribution in [0.4, 0.5) is 17.6 Å². The van der Waals surface area contributed by atoms with E-state index in [1.54, 1.807) is 11.8 Å². The van der Waals surface area contributed by atoms with Crippen LogP contribution in [0.25, 0.3) is 22.1 Å². The molecule has 5 aromatic rings. The Balaban J connectivity index is 1.23. The predicted molar refractivity (Wildman–Crippen MR) is 199 cm³/mol. The van der Waals surface area contributed by atoms with Crippen molar-refractivity contribution < 1.29 is 22.4 Å². The number of alkyl halides is 3. The summed E-state index contributed by atoms with van der Waals surface area (Å²) in [6, 6.07) is 4.68. The van der Waals surface area contributed by atoms with Crippen molar-refractivity contribution in [3.63, 3.8) is 0 Å². The highest BCUT2D eigenvalue weighted by molar-refractivity contribution is 7.99. The summed E-state index contributed by atoms with van der Waals surface area (Å²) in [5, 5.41) is 7.16. The van der Waals surface area contributed by atoms with Crippen molar-refractivity contribution in [2.75, 3.05) is 11.5 Å². The molecule has 13 nitrogen and oxygen atoms in total. The van der Waals surface area contributed by atoms with E-state index in [1.165, 1.54) is 38.9 Å². The van der Waals surface area contributed by atoms with E-state index in [0.717, 1.165) is 39.1 Å². The van der Waals surface area contributed by atoms with Gasteiger partial charge in [-0.25, -0.2) is 19.0 Å². The normalized spacial score (nSPS) is 18.4. The fourth-order valence-corrected chi connectivity index (χ4v) is 8.95. The van der Waals surface area contributed by atoms with Crippen LogP contribution in [0.15, 0.2) is 55.7 Å². The minimum absolute atomic E-state index is 0.0120. The number of amides is 1. The molecule has 1 amide bonds. The Bertz CT molecular complexity index is 2540. The van der Waals surface area contributed by atoms with E-state index in [-0.39, 0.29) is 51.8 Å². The number of aromatic nitrogens is 7. The zero-order valence-electron chi connectivity index (χ0n) is 30.4. The largest absolute Gasteiger partial charge is 0.416 e. The first kappa shape index (κ1) is 38.3. The Labute approximate surface area is 315 Å². The Hall–Kier alpha value is -5.00. The number of benzene rings is 1. The molecule has 0 spiro atoms. The van der Waals surface area contributed by atoms with Crippen LogP contribution in [-0.2, 0) is 26.3 Å². The Morgan fingerprint density at radius 1 is 0.927 bits per heavy atom. The minimum atomic E-state index is -4.71. The number of carbonyl (C=O) groups is 1. The van der Waals surface area contributed by atoms with Gasteiger partial charge in [0.2, 0.25) is 0 Å². The molecule has 2 aliphatic rings. The summed E-state index contributed by atoms with van der Waals surface area (Å²) in [6.07, 6.45) is -1.12. The minimum Gasteiger partial charge on any atom is -0.348 e. The van der Waals surface area contributed by atoms with Gasteiger partial charge in [0, 0.05) is 31.7 Å². The molecule has 18 heteroatoms. The number of fused-ring (bicyclic) bond motifs is 2. The van der Waals surface area contributed by atoms with E-state index >= 15 is 0 Å². The van der Waals surface area contributed by atoms with E-state index in [9.17, 15) is 41.5 Å². The molecule has 0 bridgehead atoms. The molecule has 0 atom stereocenters. The summed E-state index contributed by atoms with van der Waals surface area (Å²) in [6.45, 7) is 3.29. The lowest BCUT2D eigenvalue weighted by Gasteiger charge is -2.31. The number of hydrogen-bond acceptors (Lipinski definition) is 8. The Morgan fingerprint density at radius 2 is 1.60 bits per heavy atom. The second-order valence-electron chi connectivity index (χ2n) is 14.7. The molecule has 1 aliphatic carbocycles. The number of nitrogens with one attached hydrogen (secondary N) is 1. The molecule has 1 saturated carbocycles. The molecular weight excluding hydrogens is 745 g/mol. The lowest BCUT2D eigenvalue weighted by atomic mass is 9.90. The van der Waals surface area contributed by atoms with Crippen molar-refractivity contribution in [3.05, 3.63) is 101 Å². The van der Waals surface area contributed by atoms with E-state index < -0.39 is 64.6 Å². The van der Waals surface area contributed by atoms with Crippen molar-refractivity contribution in [1.29, 1.82) is 0 Å². The number of nitrogens with zero attached hydrogens (tertiary/aromatic N) is 7. The van der Waals surface area contributed by atoms with Crippen molar-refractivity contribution in [2.24, 2.45) is 13.0 Å². The molecular formula is C37H40F4N8O5S. The zero-order chi connectivity index (χ0) is 39.3. The van der Waals surface area contributed by atoms with Gasteiger partial charge < -0.3 is 5.32 Å². The van der Waals surface area contributed by atoms with Gasteiger partial charge in [-0.15, -0.1) is 0 Å². The SMILES string of the molecule is CC(C)Cn1c(=O)n(C)c(=O)c2c(C(=O)NC3CCC(n4c(=O)c5cc(F)cnc5n(C5CCSCC5)c4=O)CC3)n(Cc3ccccc3C(F)(F)F)nc21. The second-order valence-corrected chi connectivity index (χ2v) is 15.9. The number of hydrogen-bond donors (Lipinski definition) is 1. The van der Waals surface area contributed by atoms with Crippen LogP contribution < -0.4 is 27.8 Å². The summed E-state index contributed by atoms with van der Waals surface area (Å²) < 4.78 is 62.4. The van der Waals surface area contributed by atoms with Gasteiger partial charge in [0.1, 0.15) is 22.5 Å². The first-order chi connectivity index (χ1) is 26.1. The maximum Gasteiger partial charge on any atom is 0.416 e. The molecule has 7 rings (SSSR count). The van der Waals surface area contributed by atoms with Crippen LogP contribution in [0.2, 0.25) is 0 Å². The summed E-state index contributed by atoms with van der Waals surface area (Å²) in [7, 11) is 1.26. The fraction of sp³-hybridized carbons (Fsp3) is 0.486. The maximum atomic E-state index is 14.4. The van der Waals surface area contributed by atoms with Crippen LogP contribution in [0.5, 0.6) is 0 Å². The second kappa shape index (κ2) is 14.9. The summed E-state index contributed by atoms with van der Waals surface area (Å²) in [4.78, 5) is 73.1. The number of thioether (sulfide) groups is 1. The van der Waals surface area contributed by atoms with Gasteiger partial charge in [-0.3, -0.25) is 37.3 Å². The Morgan fingerprint density at radius 3 is 2.27 bits per heavy atom.